The summed E-state index contributed by atoms with van der Waals surface area (Å²) in [5.74, 6) is 0. The summed E-state index contributed by atoms with van der Waals surface area (Å²) in [4.78, 5) is 5.83. The average molecular weight is 274 g/mol. The first-order valence-corrected chi connectivity index (χ1v) is 7.64. The minimum atomic E-state index is 0.419. The summed E-state index contributed by atoms with van der Waals surface area (Å²) >= 11 is 1.79. The zero-order valence-electron chi connectivity index (χ0n) is 12.2. The maximum Gasteiger partial charge on any atom is 0.0900 e. The van der Waals surface area contributed by atoms with Crippen LogP contribution in [0.5, 0.6) is 0 Å². The third kappa shape index (κ3) is 3.64. The molecule has 0 amide bonds. The van der Waals surface area contributed by atoms with Crippen molar-refractivity contribution in [1.82, 2.24) is 10.3 Å². The topological polar surface area (TPSA) is 24.9 Å². The van der Waals surface area contributed by atoms with E-state index in [1.807, 2.05) is 0 Å². The predicted octanol–water partition coefficient (Wildman–Crippen LogP) is 4.31. The molecule has 1 unspecified atom stereocenters. The summed E-state index contributed by atoms with van der Waals surface area (Å²) in [6.45, 7) is 9.42. The van der Waals surface area contributed by atoms with Gasteiger partial charge in [0.2, 0.25) is 0 Å². The lowest BCUT2D eigenvalue weighted by molar-refractivity contribution is 0.521. The maximum absolute atomic E-state index is 4.48. The van der Waals surface area contributed by atoms with E-state index >= 15 is 0 Å². The number of nitrogens with one attached hydrogen (secondary N) is 1. The molecule has 0 saturated heterocycles. The van der Waals surface area contributed by atoms with Gasteiger partial charge in [-0.3, -0.25) is 0 Å². The molecule has 3 heteroatoms. The van der Waals surface area contributed by atoms with Crippen LogP contribution in [0.3, 0.4) is 0 Å². The van der Waals surface area contributed by atoms with Crippen molar-refractivity contribution >= 4 is 11.3 Å². The van der Waals surface area contributed by atoms with Gasteiger partial charge in [-0.1, -0.05) is 36.8 Å². The van der Waals surface area contributed by atoms with Crippen molar-refractivity contribution in [3.63, 3.8) is 0 Å². The number of hydrogen-bond acceptors (Lipinski definition) is 3. The highest BCUT2D eigenvalue weighted by Gasteiger charge is 2.10. The molecule has 2 rings (SSSR count). The Labute approximate surface area is 119 Å². The first-order chi connectivity index (χ1) is 9.10. The second kappa shape index (κ2) is 6.31. The number of aromatic nitrogens is 1. The average Bonchev–Trinajstić information content (AvgIpc) is 2.71. The smallest absolute Gasteiger partial charge is 0.0900 e. The number of thiazole rings is 1. The predicted molar refractivity (Wildman–Crippen MR) is 82.6 cm³/mol. The van der Waals surface area contributed by atoms with Crippen molar-refractivity contribution in [3.8, 4) is 0 Å². The quantitative estimate of drug-likeness (QED) is 0.879. The largest absolute Gasteiger partial charge is 0.305 e. The third-order valence-electron chi connectivity index (χ3n) is 3.40. The van der Waals surface area contributed by atoms with Gasteiger partial charge in [0.1, 0.15) is 0 Å². The number of hydrogen-bond donors (Lipinski definition) is 1. The molecule has 0 aliphatic heterocycles. The number of nitrogens with zero attached hydrogens (tertiary/aromatic N) is 1. The van der Waals surface area contributed by atoms with Crippen LogP contribution in [-0.2, 0) is 6.54 Å². The fraction of sp³-hybridized carbons (Fsp3) is 0.438. The molecular formula is C16H22N2S. The Kier molecular flexibility index (Phi) is 4.72. The molecule has 0 fully saturated rings. The molecule has 0 saturated carbocycles. The van der Waals surface area contributed by atoms with Gasteiger partial charge in [0, 0.05) is 17.5 Å². The first kappa shape index (κ1) is 14.2. The summed E-state index contributed by atoms with van der Waals surface area (Å²) < 4.78 is 0. The molecule has 102 valence electrons. The standard InChI is InChI=1S/C16H22N2S/c1-5-15(14-8-6-11(2)7-9-14)17-10-16-12(3)18-13(4)19-16/h6-9,15,17H,5,10H2,1-4H3. The summed E-state index contributed by atoms with van der Waals surface area (Å²) in [5, 5.41) is 4.80. The molecule has 1 aromatic heterocycles. The Balaban J connectivity index is 2.03. The normalized spacial score (nSPS) is 12.6. The van der Waals surface area contributed by atoms with E-state index in [0.717, 1.165) is 23.7 Å². The lowest BCUT2D eigenvalue weighted by Crippen LogP contribution is -2.20. The van der Waals surface area contributed by atoms with Crippen molar-refractivity contribution in [2.45, 2.75) is 46.7 Å². The number of benzene rings is 1. The van der Waals surface area contributed by atoms with E-state index in [0.29, 0.717) is 6.04 Å². The summed E-state index contributed by atoms with van der Waals surface area (Å²) in [5.41, 5.74) is 3.84. The Morgan fingerprint density at radius 1 is 1.16 bits per heavy atom. The third-order valence-corrected chi connectivity index (χ3v) is 4.47. The van der Waals surface area contributed by atoms with Crippen LogP contribution in [0.25, 0.3) is 0 Å². The Hall–Kier alpha value is -1.19. The molecule has 0 bridgehead atoms. The molecule has 0 radical (unpaired) electrons. The van der Waals surface area contributed by atoms with Crippen LogP contribution >= 0.6 is 11.3 Å². The second-order valence-electron chi connectivity index (χ2n) is 4.99. The molecule has 19 heavy (non-hydrogen) atoms. The van der Waals surface area contributed by atoms with Gasteiger partial charge >= 0.3 is 0 Å². The van der Waals surface area contributed by atoms with Crippen molar-refractivity contribution < 1.29 is 0 Å². The monoisotopic (exact) mass is 274 g/mol. The molecule has 2 aromatic rings. The molecule has 0 aliphatic carbocycles. The highest BCUT2D eigenvalue weighted by atomic mass is 32.1. The van der Waals surface area contributed by atoms with E-state index in [2.05, 4.69) is 62.3 Å². The zero-order valence-corrected chi connectivity index (χ0v) is 13.0. The highest BCUT2D eigenvalue weighted by Crippen LogP contribution is 2.21. The molecule has 1 atom stereocenters. The van der Waals surface area contributed by atoms with Crippen molar-refractivity contribution in [3.05, 3.63) is 51.0 Å². The van der Waals surface area contributed by atoms with E-state index in [9.17, 15) is 0 Å². The number of aryl methyl sites for hydroxylation is 3. The molecular weight excluding hydrogens is 252 g/mol. The van der Waals surface area contributed by atoms with Gasteiger partial charge in [0.15, 0.2) is 0 Å². The van der Waals surface area contributed by atoms with E-state index in [4.69, 9.17) is 0 Å². The molecule has 1 heterocycles. The highest BCUT2D eigenvalue weighted by molar-refractivity contribution is 7.11. The summed E-state index contributed by atoms with van der Waals surface area (Å²) in [7, 11) is 0. The van der Waals surface area contributed by atoms with E-state index < -0.39 is 0 Å². The van der Waals surface area contributed by atoms with Crippen LogP contribution < -0.4 is 5.32 Å². The van der Waals surface area contributed by atoms with Gasteiger partial charge in [-0.2, -0.15) is 0 Å². The van der Waals surface area contributed by atoms with Crippen molar-refractivity contribution in [2.75, 3.05) is 0 Å². The van der Waals surface area contributed by atoms with Crippen LogP contribution in [0.1, 0.15) is 46.1 Å². The van der Waals surface area contributed by atoms with Gasteiger partial charge < -0.3 is 5.32 Å². The molecule has 0 spiro atoms. The lowest BCUT2D eigenvalue weighted by atomic mass is 10.0. The molecule has 1 N–H and O–H groups in total. The maximum atomic E-state index is 4.48. The van der Waals surface area contributed by atoms with Gasteiger partial charge in [-0.15, -0.1) is 11.3 Å². The van der Waals surface area contributed by atoms with Crippen LogP contribution in [0.15, 0.2) is 24.3 Å². The van der Waals surface area contributed by atoms with Gasteiger partial charge in [-0.05, 0) is 32.8 Å². The first-order valence-electron chi connectivity index (χ1n) is 6.83. The fourth-order valence-corrected chi connectivity index (χ4v) is 3.14. The van der Waals surface area contributed by atoms with Crippen LogP contribution in [-0.4, -0.2) is 4.98 Å². The Bertz CT molecular complexity index is 528. The van der Waals surface area contributed by atoms with Gasteiger partial charge in [0.05, 0.1) is 10.7 Å². The lowest BCUT2D eigenvalue weighted by Gasteiger charge is -2.17. The van der Waals surface area contributed by atoms with Crippen molar-refractivity contribution in [1.29, 1.82) is 0 Å². The SMILES string of the molecule is CCC(NCc1sc(C)nc1C)c1ccc(C)cc1. The van der Waals surface area contributed by atoms with Gasteiger partial charge in [0.25, 0.3) is 0 Å². The van der Waals surface area contributed by atoms with Crippen LogP contribution in [0.4, 0.5) is 0 Å². The second-order valence-corrected chi connectivity index (χ2v) is 6.28. The van der Waals surface area contributed by atoms with Crippen molar-refractivity contribution in [2.24, 2.45) is 0 Å². The molecule has 1 aromatic carbocycles. The summed E-state index contributed by atoms with van der Waals surface area (Å²) in [6, 6.07) is 9.23. The number of rotatable bonds is 5. The van der Waals surface area contributed by atoms with Gasteiger partial charge in [-0.25, -0.2) is 4.98 Å². The summed E-state index contributed by atoms with van der Waals surface area (Å²) in [6.07, 6.45) is 1.10. The van der Waals surface area contributed by atoms with E-state index in [-0.39, 0.29) is 0 Å². The van der Waals surface area contributed by atoms with E-state index in [1.165, 1.54) is 16.0 Å². The van der Waals surface area contributed by atoms with E-state index in [1.54, 1.807) is 11.3 Å². The zero-order chi connectivity index (χ0) is 13.8. The Morgan fingerprint density at radius 2 is 1.84 bits per heavy atom. The minimum Gasteiger partial charge on any atom is -0.305 e. The minimum absolute atomic E-state index is 0.419. The fourth-order valence-electron chi connectivity index (χ4n) is 2.25. The van der Waals surface area contributed by atoms with Crippen LogP contribution in [0, 0.1) is 20.8 Å². The molecule has 2 nitrogen and oxygen atoms in total. The van der Waals surface area contributed by atoms with Crippen LogP contribution in [0.2, 0.25) is 0 Å². The molecule has 0 aliphatic rings. The Morgan fingerprint density at radius 3 is 2.37 bits per heavy atom.